The molecule has 4 nitrogen and oxygen atoms in total. The van der Waals surface area contributed by atoms with Gasteiger partial charge in [-0.3, -0.25) is 4.79 Å². The van der Waals surface area contributed by atoms with Crippen LogP contribution in [0.5, 0.6) is 11.5 Å². The normalized spacial score (nSPS) is 17.3. The summed E-state index contributed by atoms with van der Waals surface area (Å²) in [5.74, 6) is 1.51. The summed E-state index contributed by atoms with van der Waals surface area (Å²) in [7, 11) is 0. The fourth-order valence-electron chi connectivity index (χ4n) is 2.63. The van der Waals surface area contributed by atoms with Crippen molar-refractivity contribution in [3.63, 3.8) is 0 Å². The van der Waals surface area contributed by atoms with Crippen LogP contribution in [0.2, 0.25) is 0 Å². The van der Waals surface area contributed by atoms with Crippen molar-refractivity contribution in [1.82, 2.24) is 10.2 Å². The average Bonchev–Trinajstić information content (AvgIpc) is 2.56. The van der Waals surface area contributed by atoms with Crippen molar-refractivity contribution in [2.45, 2.75) is 13.0 Å². The summed E-state index contributed by atoms with van der Waals surface area (Å²) < 4.78 is 5.80. The highest BCUT2D eigenvalue weighted by atomic mass is 35.5. The minimum atomic E-state index is 0. The number of halogens is 1. The Kier molecular flexibility index (Phi) is 6.02. The van der Waals surface area contributed by atoms with E-state index in [1.165, 1.54) is 0 Å². The second-order valence-electron chi connectivity index (χ2n) is 5.49. The van der Waals surface area contributed by atoms with Crippen LogP contribution in [0.25, 0.3) is 0 Å². The zero-order valence-electron chi connectivity index (χ0n) is 13.1. The summed E-state index contributed by atoms with van der Waals surface area (Å²) in [6.07, 6.45) is 0. The maximum atomic E-state index is 12.7. The van der Waals surface area contributed by atoms with E-state index in [0.717, 1.165) is 25.4 Å². The Morgan fingerprint density at radius 1 is 1.13 bits per heavy atom. The molecule has 0 aromatic heterocycles. The summed E-state index contributed by atoms with van der Waals surface area (Å²) >= 11 is 0. The number of nitrogens with zero attached hydrogens (tertiary/aromatic N) is 1. The molecule has 0 radical (unpaired) electrons. The Labute approximate surface area is 142 Å². The van der Waals surface area contributed by atoms with E-state index in [1.54, 1.807) is 0 Å². The molecule has 1 amide bonds. The molecule has 5 heteroatoms. The third-order valence-electron chi connectivity index (χ3n) is 3.82. The smallest absolute Gasteiger partial charge is 0.254 e. The minimum absolute atomic E-state index is 0. The van der Waals surface area contributed by atoms with Crippen molar-refractivity contribution in [2.75, 3.05) is 19.6 Å². The highest BCUT2D eigenvalue weighted by Crippen LogP contribution is 2.22. The predicted molar refractivity (Wildman–Crippen MR) is 93.6 cm³/mol. The minimum Gasteiger partial charge on any atom is -0.457 e. The van der Waals surface area contributed by atoms with Gasteiger partial charge in [-0.2, -0.15) is 0 Å². The number of carbonyl (C=O) groups is 1. The molecular formula is C18H21ClN2O2. The Hall–Kier alpha value is -2.04. The SMILES string of the molecule is C[C@H]1CNCCN1C(=O)c1cccc(Oc2ccccc2)c1.Cl. The molecule has 1 saturated heterocycles. The zero-order valence-corrected chi connectivity index (χ0v) is 13.9. The van der Waals surface area contributed by atoms with Gasteiger partial charge in [0, 0.05) is 31.2 Å². The van der Waals surface area contributed by atoms with Gasteiger partial charge in [0.15, 0.2) is 0 Å². The molecule has 0 aliphatic carbocycles. The van der Waals surface area contributed by atoms with Gasteiger partial charge in [0.1, 0.15) is 11.5 Å². The number of hydrogen-bond donors (Lipinski definition) is 1. The fourth-order valence-corrected chi connectivity index (χ4v) is 2.63. The van der Waals surface area contributed by atoms with E-state index in [-0.39, 0.29) is 24.4 Å². The highest BCUT2D eigenvalue weighted by molar-refractivity contribution is 5.95. The first-order valence-corrected chi connectivity index (χ1v) is 7.59. The van der Waals surface area contributed by atoms with E-state index in [9.17, 15) is 4.79 Å². The lowest BCUT2D eigenvalue weighted by Gasteiger charge is -2.34. The van der Waals surface area contributed by atoms with Gasteiger partial charge in [-0.15, -0.1) is 12.4 Å². The lowest BCUT2D eigenvalue weighted by atomic mass is 10.1. The van der Waals surface area contributed by atoms with Crippen LogP contribution in [-0.2, 0) is 0 Å². The van der Waals surface area contributed by atoms with Crippen molar-refractivity contribution < 1.29 is 9.53 Å². The van der Waals surface area contributed by atoms with Crippen LogP contribution in [0.4, 0.5) is 0 Å². The molecule has 0 unspecified atom stereocenters. The second-order valence-corrected chi connectivity index (χ2v) is 5.49. The average molecular weight is 333 g/mol. The molecule has 1 N–H and O–H groups in total. The quantitative estimate of drug-likeness (QED) is 0.937. The van der Waals surface area contributed by atoms with Gasteiger partial charge in [0.05, 0.1) is 0 Å². The first kappa shape index (κ1) is 17.3. The Morgan fingerprint density at radius 3 is 2.61 bits per heavy atom. The molecule has 2 aromatic carbocycles. The number of rotatable bonds is 3. The number of piperazine rings is 1. The molecule has 3 rings (SSSR count). The molecule has 0 saturated carbocycles. The monoisotopic (exact) mass is 332 g/mol. The van der Waals surface area contributed by atoms with Crippen LogP contribution in [0.1, 0.15) is 17.3 Å². The van der Waals surface area contributed by atoms with Crippen molar-refractivity contribution >= 4 is 18.3 Å². The molecule has 1 fully saturated rings. The fraction of sp³-hybridized carbons (Fsp3) is 0.278. The van der Waals surface area contributed by atoms with Gasteiger partial charge in [0.2, 0.25) is 0 Å². The van der Waals surface area contributed by atoms with Gasteiger partial charge in [-0.05, 0) is 37.3 Å². The van der Waals surface area contributed by atoms with Crippen LogP contribution in [0, 0.1) is 0 Å². The van der Waals surface area contributed by atoms with E-state index in [4.69, 9.17) is 4.74 Å². The largest absolute Gasteiger partial charge is 0.457 e. The number of hydrogen-bond acceptors (Lipinski definition) is 3. The molecule has 1 aliphatic heterocycles. The van der Waals surface area contributed by atoms with E-state index in [2.05, 4.69) is 12.2 Å². The molecule has 1 atom stereocenters. The van der Waals surface area contributed by atoms with Gasteiger partial charge in [0.25, 0.3) is 5.91 Å². The Bertz CT molecular complexity index is 648. The van der Waals surface area contributed by atoms with E-state index in [0.29, 0.717) is 11.3 Å². The van der Waals surface area contributed by atoms with Crippen LogP contribution < -0.4 is 10.1 Å². The van der Waals surface area contributed by atoms with Crippen LogP contribution >= 0.6 is 12.4 Å². The maximum Gasteiger partial charge on any atom is 0.254 e. The zero-order chi connectivity index (χ0) is 15.4. The van der Waals surface area contributed by atoms with Gasteiger partial charge < -0.3 is 15.0 Å². The van der Waals surface area contributed by atoms with Gasteiger partial charge >= 0.3 is 0 Å². The van der Waals surface area contributed by atoms with Crippen molar-refractivity contribution in [1.29, 1.82) is 0 Å². The number of carbonyl (C=O) groups excluding carboxylic acids is 1. The summed E-state index contributed by atoms with van der Waals surface area (Å²) in [5.41, 5.74) is 0.669. The first-order chi connectivity index (χ1) is 10.7. The molecule has 0 bridgehead atoms. The lowest BCUT2D eigenvalue weighted by Crippen LogP contribution is -2.52. The molecular weight excluding hydrogens is 312 g/mol. The van der Waals surface area contributed by atoms with Crippen LogP contribution in [0.15, 0.2) is 54.6 Å². The third kappa shape index (κ3) is 4.24. The van der Waals surface area contributed by atoms with Gasteiger partial charge in [-0.25, -0.2) is 0 Å². The molecule has 122 valence electrons. The van der Waals surface area contributed by atoms with E-state index in [1.807, 2.05) is 59.5 Å². The molecule has 2 aromatic rings. The number of nitrogens with one attached hydrogen (secondary N) is 1. The van der Waals surface area contributed by atoms with E-state index >= 15 is 0 Å². The third-order valence-corrected chi connectivity index (χ3v) is 3.82. The van der Waals surface area contributed by atoms with E-state index < -0.39 is 0 Å². The summed E-state index contributed by atoms with van der Waals surface area (Å²) in [4.78, 5) is 14.6. The molecule has 1 heterocycles. The Balaban J connectivity index is 0.00000192. The Morgan fingerprint density at radius 2 is 1.87 bits per heavy atom. The van der Waals surface area contributed by atoms with Crippen molar-refractivity contribution in [2.24, 2.45) is 0 Å². The number of ether oxygens (including phenoxy) is 1. The van der Waals surface area contributed by atoms with Crippen molar-refractivity contribution in [3.05, 3.63) is 60.2 Å². The van der Waals surface area contributed by atoms with Crippen LogP contribution in [-0.4, -0.2) is 36.5 Å². The van der Waals surface area contributed by atoms with Crippen molar-refractivity contribution in [3.8, 4) is 11.5 Å². The topological polar surface area (TPSA) is 41.6 Å². The molecule has 0 spiro atoms. The number of amides is 1. The number of para-hydroxylation sites is 1. The standard InChI is InChI=1S/C18H20N2O2.ClH/c1-14-13-19-10-11-20(14)18(21)15-6-5-9-17(12-15)22-16-7-3-2-4-8-16;/h2-9,12,14,19H,10-11,13H2,1H3;1H/t14-;/m0./s1. The van der Waals surface area contributed by atoms with Crippen LogP contribution in [0.3, 0.4) is 0 Å². The highest BCUT2D eigenvalue weighted by Gasteiger charge is 2.24. The summed E-state index contributed by atoms with van der Waals surface area (Å²) in [5, 5.41) is 3.30. The molecule has 1 aliphatic rings. The summed E-state index contributed by atoms with van der Waals surface area (Å²) in [6, 6.07) is 17.2. The predicted octanol–water partition coefficient (Wildman–Crippen LogP) is 3.33. The number of benzene rings is 2. The maximum absolute atomic E-state index is 12.7. The van der Waals surface area contributed by atoms with Gasteiger partial charge in [-0.1, -0.05) is 24.3 Å². The lowest BCUT2D eigenvalue weighted by molar-refractivity contribution is 0.0655. The summed E-state index contributed by atoms with van der Waals surface area (Å²) in [6.45, 7) is 4.49. The second kappa shape index (κ2) is 7.99. The molecule has 23 heavy (non-hydrogen) atoms. The first-order valence-electron chi connectivity index (χ1n) is 7.59.